The Morgan fingerprint density at radius 2 is 2.06 bits per heavy atom. The summed E-state index contributed by atoms with van der Waals surface area (Å²) in [4.78, 5) is 5.48. The molecule has 1 aliphatic carbocycles. The molecule has 3 aliphatic rings. The minimum atomic E-state index is 0.758. The molecule has 18 heavy (non-hydrogen) atoms. The lowest BCUT2D eigenvalue weighted by Crippen LogP contribution is -2.48. The van der Waals surface area contributed by atoms with Gasteiger partial charge in [0, 0.05) is 37.8 Å². The summed E-state index contributed by atoms with van der Waals surface area (Å²) in [6, 6.07) is 2.55. The van der Waals surface area contributed by atoms with Crippen LogP contribution in [0.2, 0.25) is 0 Å². The van der Waals surface area contributed by atoms with Crippen LogP contribution < -0.4 is 5.32 Å². The van der Waals surface area contributed by atoms with Crippen LogP contribution in [0.25, 0.3) is 0 Å². The summed E-state index contributed by atoms with van der Waals surface area (Å²) in [5.41, 5.74) is 0. The van der Waals surface area contributed by atoms with Crippen molar-refractivity contribution in [1.82, 2.24) is 15.1 Å². The second-order valence-electron chi connectivity index (χ2n) is 6.40. The number of likely N-dealkylation sites (N-methyl/N-ethyl adjacent to an activating group) is 1. The van der Waals surface area contributed by atoms with Crippen molar-refractivity contribution in [3.63, 3.8) is 0 Å². The van der Waals surface area contributed by atoms with E-state index in [2.05, 4.69) is 22.0 Å². The maximum absolute atomic E-state index is 3.70. The highest BCUT2D eigenvalue weighted by Crippen LogP contribution is 2.31. The number of likely N-dealkylation sites (tertiary alicyclic amines) is 1. The first-order valence-electron chi connectivity index (χ1n) is 8.08. The van der Waals surface area contributed by atoms with Crippen LogP contribution in [0.3, 0.4) is 0 Å². The van der Waals surface area contributed by atoms with Gasteiger partial charge in [0.05, 0.1) is 0 Å². The van der Waals surface area contributed by atoms with E-state index in [1.54, 1.807) is 0 Å². The Morgan fingerprint density at radius 3 is 2.72 bits per heavy atom. The zero-order chi connectivity index (χ0) is 12.4. The van der Waals surface area contributed by atoms with Gasteiger partial charge in [0.15, 0.2) is 0 Å². The fourth-order valence-corrected chi connectivity index (χ4v) is 3.74. The third-order valence-electron chi connectivity index (χ3n) is 5.05. The molecule has 3 heteroatoms. The molecule has 3 fully saturated rings. The molecule has 0 spiro atoms. The molecule has 2 aliphatic heterocycles. The van der Waals surface area contributed by atoms with E-state index in [0.717, 1.165) is 18.1 Å². The van der Waals surface area contributed by atoms with Crippen LogP contribution >= 0.6 is 0 Å². The second-order valence-corrected chi connectivity index (χ2v) is 6.40. The Labute approximate surface area is 112 Å². The number of rotatable bonds is 5. The zero-order valence-corrected chi connectivity index (χ0v) is 11.9. The molecule has 2 atom stereocenters. The molecule has 3 rings (SSSR count). The molecule has 0 bridgehead atoms. The second kappa shape index (κ2) is 5.89. The molecule has 0 aromatic heterocycles. The Morgan fingerprint density at radius 1 is 1.17 bits per heavy atom. The normalized spacial score (nSPS) is 34.3. The Hall–Kier alpha value is -0.120. The van der Waals surface area contributed by atoms with Crippen molar-refractivity contribution in [3.05, 3.63) is 0 Å². The van der Waals surface area contributed by atoms with Gasteiger partial charge in [-0.2, -0.15) is 0 Å². The molecular formula is C15H29N3. The van der Waals surface area contributed by atoms with E-state index in [0.29, 0.717) is 0 Å². The summed E-state index contributed by atoms with van der Waals surface area (Å²) in [5, 5.41) is 3.70. The van der Waals surface area contributed by atoms with Crippen molar-refractivity contribution in [3.8, 4) is 0 Å². The van der Waals surface area contributed by atoms with E-state index in [4.69, 9.17) is 0 Å². The first kappa shape index (κ1) is 12.9. The number of hydrogen-bond acceptors (Lipinski definition) is 3. The van der Waals surface area contributed by atoms with Crippen molar-refractivity contribution in [1.29, 1.82) is 0 Å². The number of piperidine rings is 1. The maximum Gasteiger partial charge on any atom is 0.0235 e. The quantitative estimate of drug-likeness (QED) is 0.802. The first-order valence-corrected chi connectivity index (χ1v) is 8.08. The number of nitrogens with one attached hydrogen (secondary N) is 1. The molecule has 0 aromatic carbocycles. The summed E-state index contributed by atoms with van der Waals surface area (Å²) in [5.74, 6) is 0. The molecule has 0 aromatic rings. The third kappa shape index (κ3) is 3.06. The average Bonchev–Trinajstić information content (AvgIpc) is 3.16. The molecular weight excluding hydrogens is 222 g/mol. The van der Waals surface area contributed by atoms with Gasteiger partial charge in [-0.1, -0.05) is 13.3 Å². The first-order chi connectivity index (χ1) is 8.86. The van der Waals surface area contributed by atoms with Crippen LogP contribution in [0.4, 0.5) is 0 Å². The summed E-state index contributed by atoms with van der Waals surface area (Å²) in [6.07, 6.45) is 8.51. The van der Waals surface area contributed by atoms with E-state index >= 15 is 0 Å². The molecule has 2 saturated heterocycles. The third-order valence-corrected chi connectivity index (χ3v) is 5.05. The monoisotopic (exact) mass is 251 g/mol. The van der Waals surface area contributed by atoms with Gasteiger partial charge in [-0.15, -0.1) is 0 Å². The molecule has 104 valence electrons. The Bertz CT molecular complexity index is 258. The largest absolute Gasteiger partial charge is 0.313 e. The van der Waals surface area contributed by atoms with E-state index < -0.39 is 0 Å². The highest BCUT2D eigenvalue weighted by molar-refractivity contribution is 4.93. The van der Waals surface area contributed by atoms with E-state index in [9.17, 15) is 0 Å². The van der Waals surface area contributed by atoms with Crippen molar-refractivity contribution in [2.75, 3.05) is 32.7 Å². The molecule has 2 unspecified atom stereocenters. The molecule has 0 amide bonds. The predicted molar refractivity (Wildman–Crippen MR) is 75.9 cm³/mol. The van der Waals surface area contributed by atoms with Gasteiger partial charge < -0.3 is 5.32 Å². The van der Waals surface area contributed by atoms with Gasteiger partial charge >= 0.3 is 0 Å². The predicted octanol–water partition coefficient (Wildman–Crippen LogP) is 1.69. The molecule has 1 N–H and O–H groups in total. The van der Waals surface area contributed by atoms with Crippen LogP contribution in [0.15, 0.2) is 0 Å². The Balaban J connectivity index is 1.48. The molecule has 3 nitrogen and oxygen atoms in total. The van der Waals surface area contributed by atoms with Crippen LogP contribution in [-0.2, 0) is 0 Å². The van der Waals surface area contributed by atoms with E-state index in [1.165, 1.54) is 71.2 Å². The minimum absolute atomic E-state index is 0.758. The fraction of sp³-hybridized carbons (Fsp3) is 1.00. The summed E-state index contributed by atoms with van der Waals surface area (Å²) >= 11 is 0. The van der Waals surface area contributed by atoms with Crippen molar-refractivity contribution >= 4 is 0 Å². The van der Waals surface area contributed by atoms with Crippen LogP contribution in [-0.4, -0.2) is 60.6 Å². The lowest BCUT2D eigenvalue weighted by atomic mass is 10.0. The average molecular weight is 251 g/mol. The van der Waals surface area contributed by atoms with Crippen molar-refractivity contribution in [2.45, 2.75) is 63.6 Å². The van der Waals surface area contributed by atoms with Gasteiger partial charge in [-0.3, -0.25) is 9.80 Å². The number of hydrogen-bond donors (Lipinski definition) is 1. The van der Waals surface area contributed by atoms with Gasteiger partial charge in [-0.25, -0.2) is 0 Å². The maximum atomic E-state index is 3.70. The van der Waals surface area contributed by atoms with Crippen molar-refractivity contribution in [2.24, 2.45) is 0 Å². The lowest BCUT2D eigenvalue weighted by Gasteiger charge is -2.33. The SMILES string of the molecule is CCN(CC1CCCCN1)C1CCN(C2CC2)C1. The highest BCUT2D eigenvalue weighted by atomic mass is 15.3. The number of nitrogens with zero attached hydrogens (tertiary/aromatic N) is 2. The minimum Gasteiger partial charge on any atom is -0.313 e. The van der Waals surface area contributed by atoms with Crippen LogP contribution in [0.1, 0.15) is 45.4 Å². The fourth-order valence-electron chi connectivity index (χ4n) is 3.74. The molecule has 1 saturated carbocycles. The topological polar surface area (TPSA) is 18.5 Å². The van der Waals surface area contributed by atoms with Crippen LogP contribution in [0, 0.1) is 0 Å². The summed E-state index contributed by atoms with van der Waals surface area (Å²) in [6.45, 7) is 8.76. The lowest BCUT2D eigenvalue weighted by molar-refractivity contribution is 0.170. The molecule has 0 radical (unpaired) electrons. The standard InChI is InChI=1S/C15H29N3/c1-2-17(11-13-5-3-4-9-16-13)15-8-10-18(12-15)14-6-7-14/h13-16H,2-12H2,1H3. The highest BCUT2D eigenvalue weighted by Gasteiger charge is 2.36. The van der Waals surface area contributed by atoms with Crippen molar-refractivity contribution < 1.29 is 0 Å². The summed E-state index contributed by atoms with van der Waals surface area (Å²) < 4.78 is 0. The van der Waals surface area contributed by atoms with Gasteiger partial charge in [0.2, 0.25) is 0 Å². The summed E-state index contributed by atoms with van der Waals surface area (Å²) in [7, 11) is 0. The van der Waals surface area contributed by atoms with Gasteiger partial charge in [-0.05, 0) is 45.2 Å². The molecule has 2 heterocycles. The Kier molecular flexibility index (Phi) is 4.22. The van der Waals surface area contributed by atoms with Gasteiger partial charge in [0.25, 0.3) is 0 Å². The van der Waals surface area contributed by atoms with E-state index in [-0.39, 0.29) is 0 Å². The van der Waals surface area contributed by atoms with Gasteiger partial charge in [0.1, 0.15) is 0 Å². The zero-order valence-electron chi connectivity index (χ0n) is 11.9. The van der Waals surface area contributed by atoms with Crippen LogP contribution in [0.5, 0.6) is 0 Å². The smallest absolute Gasteiger partial charge is 0.0235 e. The van der Waals surface area contributed by atoms with E-state index in [1.807, 2.05) is 0 Å².